The first-order chi connectivity index (χ1) is 16.0. The maximum atomic E-state index is 13.8. The number of carboxylic acid groups (broad SMARTS) is 1. The fraction of sp³-hybridized carbons (Fsp3) is 0.440. The van der Waals surface area contributed by atoms with Gasteiger partial charge in [0.2, 0.25) is 0 Å². The van der Waals surface area contributed by atoms with Crippen LogP contribution in [-0.2, 0) is 4.74 Å². The van der Waals surface area contributed by atoms with Crippen molar-refractivity contribution in [2.24, 2.45) is 5.92 Å². The van der Waals surface area contributed by atoms with E-state index in [4.69, 9.17) is 9.72 Å². The number of amides is 1. The van der Waals surface area contributed by atoms with E-state index < -0.39 is 6.09 Å². The van der Waals surface area contributed by atoms with Gasteiger partial charge in [-0.3, -0.25) is 0 Å². The summed E-state index contributed by atoms with van der Waals surface area (Å²) >= 11 is 0. The van der Waals surface area contributed by atoms with Crippen molar-refractivity contribution in [2.75, 3.05) is 31.6 Å². The molecular formula is C25H30N4O4. The van der Waals surface area contributed by atoms with Crippen molar-refractivity contribution < 1.29 is 19.7 Å². The van der Waals surface area contributed by atoms with Gasteiger partial charge >= 0.3 is 6.09 Å². The minimum absolute atomic E-state index is 0.116. The van der Waals surface area contributed by atoms with Gasteiger partial charge in [0, 0.05) is 48.9 Å². The third kappa shape index (κ3) is 4.34. The normalized spacial score (nSPS) is 25.5. The molecule has 1 aromatic heterocycles. The summed E-state index contributed by atoms with van der Waals surface area (Å²) in [7, 11) is 0. The van der Waals surface area contributed by atoms with Crippen LogP contribution in [0.5, 0.6) is 0 Å². The molecule has 8 heteroatoms. The summed E-state index contributed by atoms with van der Waals surface area (Å²) in [6, 6.07) is 11.9. The number of nitrogens with one attached hydrogen (secondary N) is 2. The van der Waals surface area contributed by atoms with Crippen molar-refractivity contribution in [3.8, 4) is 0 Å². The molecule has 3 N–H and O–H groups in total. The summed E-state index contributed by atoms with van der Waals surface area (Å²) in [6.45, 7) is 4.31. The zero-order valence-electron chi connectivity index (χ0n) is 18.8. The number of anilines is 1. The highest BCUT2D eigenvalue weighted by molar-refractivity contribution is 5.80. The number of benzene rings is 1. The Morgan fingerprint density at radius 1 is 1.21 bits per heavy atom. The van der Waals surface area contributed by atoms with Crippen LogP contribution in [0.2, 0.25) is 0 Å². The highest BCUT2D eigenvalue weighted by Gasteiger charge is 2.39. The average Bonchev–Trinajstić information content (AvgIpc) is 3.34. The van der Waals surface area contributed by atoms with Gasteiger partial charge in [-0.05, 0) is 49.9 Å². The molecule has 8 nitrogen and oxygen atoms in total. The maximum Gasteiger partial charge on any atom is 0.407 e. The number of piperidine rings is 1. The first-order valence-corrected chi connectivity index (χ1v) is 11.7. The monoisotopic (exact) mass is 450 g/mol. The Balaban J connectivity index is 1.45. The van der Waals surface area contributed by atoms with Gasteiger partial charge in [0.25, 0.3) is 0 Å². The molecular weight excluding hydrogens is 420 g/mol. The van der Waals surface area contributed by atoms with Gasteiger partial charge in [0.1, 0.15) is 23.3 Å². The molecule has 0 radical (unpaired) electrons. The van der Waals surface area contributed by atoms with Crippen LogP contribution in [0, 0.1) is 18.0 Å². The Morgan fingerprint density at radius 2 is 2.00 bits per heavy atom. The zero-order valence-corrected chi connectivity index (χ0v) is 18.8. The summed E-state index contributed by atoms with van der Waals surface area (Å²) in [4.78, 5) is 17.5. The maximum absolute atomic E-state index is 13.8. The highest BCUT2D eigenvalue weighted by Crippen LogP contribution is 2.34. The number of rotatable bonds is 4. The topological polar surface area (TPSA) is 102 Å². The molecule has 3 unspecified atom stereocenters. The Labute approximate surface area is 193 Å². The number of hydrogen-bond acceptors (Lipinski definition) is 5. The molecule has 0 saturated carbocycles. The fourth-order valence-corrected chi connectivity index (χ4v) is 5.22. The first-order valence-electron chi connectivity index (χ1n) is 11.7. The Bertz CT molecular complexity index is 1060. The van der Waals surface area contributed by atoms with Crippen molar-refractivity contribution in [1.29, 1.82) is 0 Å². The molecule has 2 saturated heterocycles. The molecule has 33 heavy (non-hydrogen) atoms. The second-order valence-electron chi connectivity index (χ2n) is 9.20. The molecule has 0 bridgehead atoms. The van der Waals surface area contributed by atoms with Gasteiger partial charge in [0.05, 0.1) is 6.61 Å². The molecule has 4 heterocycles. The number of likely N-dealkylation sites (tertiary alicyclic amines) is 1. The number of ether oxygens (including phenoxy) is 1. The lowest BCUT2D eigenvalue weighted by Gasteiger charge is -2.39. The summed E-state index contributed by atoms with van der Waals surface area (Å²) in [5.74, 6) is 0.859. The lowest BCUT2D eigenvalue weighted by atomic mass is 9.88. The van der Waals surface area contributed by atoms with Gasteiger partial charge in [-0.15, -0.1) is 0 Å². The summed E-state index contributed by atoms with van der Waals surface area (Å²) < 4.78 is 5.65. The largest absolute Gasteiger partial charge is 0.628 e. The van der Waals surface area contributed by atoms with Crippen LogP contribution in [0.25, 0.3) is 11.8 Å². The molecule has 5 rings (SSSR count). The predicted molar refractivity (Wildman–Crippen MR) is 126 cm³/mol. The van der Waals surface area contributed by atoms with E-state index >= 15 is 0 Å². The van der Waals surface area contributed by atoms with Crippen LogP contribution >= 0.6 is 0 Å². The minimum Gasteiger partial charge on any atom is -0.628 e. The molecule has 1 aromatic carbocycles. The van der Waals surface area contributed by atoms with Crippen LogP contribution in [0.1, 0.15) is 47.7 Å². The van der Waals surface area contributed by atoms with Gasteiger partial charge in [0.15, 0.2) is 0 Å². The van der Waals surface area contributed by atoms with E-state index in [1.54, 1.807) is 0 Å². The summed E-state index contributed by atoms with van der Waals surface area (Å²) in [5, 5.41) is 26.5. The molecule has 3 aliphatic rings. The number of nitrogens with zero attached hydrogens (tertiary/aromatic N) is 2. The van der Waals surface area contributed by atoms with Crippen molar-refractivity contribution in [3.05, 3.63) is 64.0 Å². The van der Waals surface area contributed by atoms with E-state index in [1.165, 1.54) is 4.90 Å². The second kappa shape index (κ2) is 9.13. The quantitative estimate of drug-likeness (QED) is 0.619. The number of aryl methyl sites for hydroxylation is 1. The Hall–Kier alpha value is -2.94. The predicted octanol–water partition coefficient (Wildman–Crippen LogP) is 2.92. The molecule has 3 aliphatic heterocycles. The molecule has 1 amide bonds. The first kappa shape index (κ1) is 21.9. The third-order valence-corrected chi connectivity index (χ3v) is 7.09. The Kier molecular flexibility index (Phi) is 6.05. The van der Waals surface area contributed by atoms with E-state index in [-0.39, 0.29) is 23.1 Å². The Morgan fingerprint density at radius 3 is 2.70 bits per heavy atom. The SMILES string of the molecule is Cc1ccccc1C1=Cc2ccc(NC3CCN(C(=O)O)CC3)nc2C(C2CCOC2)[NH+]1[O-]. The van der Waals surface area contributed by atoms with Crippen LogP contribution in [0.4, 0.5) is 10.6 Å². The number of quaternary nitrogens is 1. The van der Waals surface area contributed by atoms with E-state index in [0.29, 0.717) is 26.3 Å². The number of hydroxylamine groups is 2. The fourth-order valence-electron chi connectivity index (χ4n) is 5.22. The van der Waals surface area contributed by atoms with Crippen molar-refractivity contribution in [3.63, 3.8) is 0 Å². The van der Waals surface area contributed by atoms with Crippen molar-refractivity contribution in [1.82, 2.24) is 9.88 Å². The minimum atomic E-state index is -0.864. The van der Waals surface area contributed by atoms with Crippen LogP contribution < -0.4 is 10.4 Å². The molecule has 3 atom stereocenters. The smallest absolute Gasteiger partial charge is 0.407 e. The lowest BCUT2D eigenvalue weighted by molar-refractivity contribution is -0.812. The standard InChI is InChI=1S/C25H30N4O4/c1-16-4-2-3-5-20(16)21-14-17-6-7-22(26-19-8-11-28(12-9-19)25(30)31)27-23(17)24(29(21)32)18-10-13-33-15-18/h2-7,14,18-19,24,29H,8-13,15H2,1H3,(H,26,27)(H,30,31). The second-order valence-corrected chi connectivity index (χ2v) is 9.20. The molecule has 0 spiro atoms. The summed E-state index contributed by atoms with van der Waals surface area (Å²) in [5.41, 5.74) is 4.61. The van der Waals surface area contributed by atoms with Gasteiger partial charge in [-0.1, -0.05) is 18.2 Å². The number of hydrogen-bond donors (Lipinski definition) is 3. The number of fused-ring (bicyclic) bond motifs is 1. The molecule has 174 valence electrons. The molecule has 0 aliphatic carbocycles. The van der Waals surface area contributed by atoms with E-state index in [1.807, 2.05) is 49.4 Å². The van der Waals surface area contributed by atoms with Crippen molar-refractivity contribution >= 4 is 23.7 Å². The highest BCUT2D eigenvalue weighted by atomic mass is 16.5. The molecule has 2 aromatic rings. The average molecular weight is 451 g/mol. The number of carbonyl (C=O) groups is 1. The summed E-state index contributed by atoms with van der Waals surface area (Å²) in [6.07, 6.45) is 3.44. The van der Waals surface area contributed by atoms with Gasteiger partial charge in [-0.2, -0.15) is 0 Å². The van der Waals surface area contributed by atoms with E-state index in [0.717, 1.165) is 53.2 Å². The number of aromatic nitrogens is 1. The van der Waals surface area contributed by atoms with Crippen molar-refractivity contribution in [2.45, 2.75) is 38.3 Å². The van der Waals surface area contributed by atoms with Gasteiger partial charge < -0.3 is 30.3 Å². The third-order valence-electron chi connectivity index (χ3n) is 7.09. The lowest BCUT2D eigenvalue weighted by Crippen LogP contribution is -3.06. The van der Waals surface area contributed by atoms with E-state index in [2.05, 4.69) is 5.32 Å². The van der Waals surface area contributed by atoms with Crippen LogP contribution in [-0.4, -0.2) is 53.4 Å². The molecule has 2 fully saturated rings. The van der Waals surface area contributed by atoms with Crippen LogP contribution in [0.3, 0.4) is 0 Å². The van der Waals surface area contributed by atoms with Crippen LogP contribution in [0.15, 0.2) is 36.4 Å². The van der Waals surface area contributed by atoms with Gasteiger partial charge in [-0.25, -0.2) is 9.78 Å². The van der Waals surface area contributed by atoms with E-state index in [9.17, 15) is 15.1 Å². The number of pyridine rings is 1. The zero-order chi connectivity index (χ0) is 22.9.